The summed E-state index contributed by atoms with van der Waals surface area (Å²) in [5.41, 5.74) is 2.08. The molecule has 38 heavy (non-hydrogen) atoms. The van der Waals surface area contributed by atoms with E-state index in [1.54, 1.807) is 40.9 Å². The van der Waals surface area contributed by atoms with E-state index in [1.165, 1.54) is 7.11 Å². The van der Waals surface area contributed by atoms with E-state index in [1.807, 2.05) is 54.6 Å². The topological polar surface area (TPSA) is 80.5 Å². The third-order valence-electron chi connectivity index (χ3n) is 7.28. The summed E-state index contributed by atoms with van der Waals surface area (Å²) in [6, 6.07) is 21.9. The van der Waals surface area contributed by atoms with Gasteiger partial charge in [-0.25, -0.2) is 9.07 Å². The van der Waals surface area contributed by atoms with Crippen molar-refractivity contribution in [2.24, 2.45) is 0 Å². The van der Waals surface area contributed by atoms with Crippen LogP contribution in [0.2, 0.25) is 0 Å². The number of rotatable bonds is 7. The van der Waals surface area contributed by atoms with Gasteiger partial charge in [0.25, 0.3) is 5.91 Å². The molecule has 1 aliphatic heterocycles. The van der Waals surface area contributed by atoms with Gasteiger partial charge < -0.3 is 14.7 Å². The second-order valence-corrected chi connectivity index (χ2v) is 9.89. The molecular formula is C30H31FN4O3. The summed E-state index contributed by atoms with van der Waals surface area (Å²) in [6.07, 6.45) is 3.37. The lowest BCUT2D eigenvalue weighted by Gasteiger charge is -2.33. The van der Waals surface area contributed by atoms with E-state index in [9.17, 15) is 14.3 Å². The van der Waals surface area contributed by atoms with Crippen LogP contribution in [0, 0.1) is 5.82 Å². The van der Waals surface area contributed by atoms with Gasteiger partial charge >= 0.3 is 0 Å². The molecule has 2 heterocycles. The Labute approximate surface area is 221 Å². The zero-order chi connectivity index (χ0) is 26.7. The van der Waals surface area contributed by atoms with E-state index in [4.69, 9.17) is 4.74 Å². The Balaban J connectivity index is 1.25. The highest BCUT2D eigenvalue weighted by atomic mass is 19.1. The molecule has 5 rings (SSSR count). The number of amides is 1. The van der Waals surface area contributed by atoms with Gasteiger partial charge in [-0.05, 0) is 54.7 Å². The number of likely N-dealkylation sites (tertiary alicyclic amines) is 1. The summed E-state index contributed by atoms with van der Waals surface area (Å²) in [6.45, 7) is 3.26. The molecule has 3 aromatic carbocycles. The lowest BCUT2D eigenvalue weighted by atomic mass is 9.89. The number of piperidine rings is 1. The lowest BCUT2D eigenvalue weighted by Crippen LogP contribution is -2.39. The van der Waals surface area contributed by atoms with Crippen molar-refractivity contribution in [3.63, 3.8) is 0 Å². The first-order valence-corrected chi connectivity index (χ1v) is 12.8. The molecule has 0 spiro atoms. The largest absolute Gasteiger partial charge is 0.494 e. The molecule has 0 saturated carbocycles. The minimum Gasteiger partial charge on any atom is -0.494 e. The third-order valence-corrected chi connectivity index (χ3v) is 7.28. The van der Waals surface area contributed by atoms with E-state index in [2.05, 4.69) is 10.3 Å². The van der Waals surface area contributed by atoms with Crippen LogP contribution in [0.4, 0.5) is 4.39 Å². The normalized spacial score (nSPS) is 17.2. The van der Waals surface area contributed by atoms with Crippen molar-refractivity contribution in [3.05, 3.63) is 113 Å². The number of aliphatic hydroxyl groups is 1. The molecule has 0 radical (unpaired) electrons. The molecule has 7 nitrogen and oxygen atoms in total. The fourth-order valence-electron chi connectivity index (χ4n) is 5.05. The number of hydrogen-bond acceptors (Lipinski definition) is 5. The van der Waals surface area contributed by atoms with Crippen LogP contribution in [0.1, 0.15) is 58.4 Å². The smallest absolute Gasteiger partial charge is 0.253 e. The number of carbonyl (C=O) groups excluding carboxylic acids is 1. The monoisotopic (exact) mass is 514 g/mol. The average molecular weight is 515 g/mol. The standard InChI is InChI=1S/C30H31FN4O3/c1-30(37,24-9-4-3-5-10-24)27-20-35(33-32-27)18-21-13-15-22(16-14-21)29(36)34-17-7-8-23(19-34)25-11-6-12-26(38-2)28(25)31/h3-6,9-16,20,23,37H,7-8,17-19H2,1-2H3. The zero-order valence-electron chi connectivity index (χ0n) is 21.5. The van der Waals surface area contributed by atoms with Crippen LogP contribution in [-0.4, -0.2) is 51.1 Å². The highest BCUT2D eigenvalue weighted by molar-refractivity contribution is 5.94. The zero-order valence-corrected chi connectivity index (χ0v) is 21.5. The van der Waals surface area contributed by atoms with Crippen molar-refractivity contribution in [1.29, 1.82) is 0 Å². The van der Waals surface area contributed by atoms with Crippen molar-refractivity contribution in [1.82, 2.24) is 19.9 Å². The number of nitrogens with zero attached hydrogens (tertiary/aromatic N) is 4. The Morgan fingerprint density at radius 3 is 2.61 bits per heavy atom. The molecule has 196 valence electrons. The summed E-state index contributed by atoms with van der Waals surface area (Å²) in [5.74, 6) is -0.256. The van der Waals surface area contributed by atoms with Gasteiger partial charge in [-0.1, -0.05) is 59.8 Å². The molecule has 1 saturated heterocycles. The first-order valence-electron chi connectivity index (χ1n) is 12.8. The number of ether oxygens (including phenoxy) is 1. The molecule has 1 amide bonds. The van der Waals surface area contributed by atoms with Crippen molar-refractivity contribution in [2.45, 2.75) is 37.8 Å². The number of carbonyl (C=O) groups is 1. The number of benzene rings is 3. The van der Waals surface area contributed by atoms with Crippen molar-refractivity contribution in [2.75, 3.05) is 20.2 Å². The molecule has 1 fully saturated rings. The summed E-state index contributed by atoms with van der Waals surface area (Å²) in [5, 5.41) is 19.4. The number of halogens is 1. The second kappa shape index (κ2) is 10.8. The van der Waals surface area contributed by atoms with Crippen LogP contribution >= 0.6 is 0 Å². The molecule has 0 aliphatic carbocycles. The summed E-state index contributed by atoms with van der Waals surface area (Å²) < 4.78 is 21.6. The maximum absolute atomic E-state index is 14.8. The molecule has 1 N–H and O–H groups in total. The Hall–Kier alpha value is -4.04. The molecule has 1 aliphatic rings. The van der Waals surface area contributed by atoms with Crippen molar-refractivity contribution < 1.29 is 19.0 Å². The maximum atomic E-state index is 14.8. The summed E-state index contributed by atoms with van der Waals surface area (Å²) in [4.78, 5) is 15.1. The average Bonchev–Trinajstić information content (AvgIpc) is 3.43. The van der Waals surface area contributed by atoms with Gasteiger partial charge in [0, 0.05) is 24.6 Å². The predicted molar refractivity (Wildman–Crippen MR) is 142 cm³/mol. The SMILES string of the molecule is COc1cccc(C2CCCN(C(=O)c3ccc(Cn4cc(C(C)(O)c5ccccc5)nn4)cc3)C2)c1F. The fourth-order valence-corrected chi connectivity index (χ4v) is 5.05. The van der Waals surface area contributed by atoms with Gasteiger partial charge in [0.15, 0.2) is 11.6 Å². The van der Waals surface area contributed by atoms with Crippen molar-refractivity contribution in [3.8, 4) is 5.75 Å². The van der Waals surface area contributed by atoms with Gasteiger partial charge in [0.1, 0.15) is 11.3 Å². The minimum atomic E-state index is -1.25. The Kier molecular flexibility index (Phi) is 7.24. The predicted octanol–water partition coefficient (Wildman–Crippen LogP) is 4.75. The van der Waals surface area contributed by atoms with E-state index >= 15 is 0 Å². The van der Waals surface area contributed by atoms with Crippen molar-refractivity contribution >= 4 is 5.91 Å². The van der Waals surface area contributed by atoms with E-state index in [0.29, 0.717) is 36.5 Å². The van der Waals surface area contributed by atoms with Crippen LogP contribution in [0.3, 0.4) is 0 Å². The molecule has 2 unspecified atom stereocenters. The summed E-state index contributed by atoms with van der Waals surface area (Å²) in [7, 11) is 1.46. The number of aromatic nitrogens is 3. The quantitative estimate of drug-likeness (QED) is 0.385. The van der Waals surface area contributed by atoms with E-state index < -0.39 is 5.60 Å². The first-order chi connectivity index (χ1) is 18.4. The fraction of sp³-hybridized carbons (Fsp3) is 0.300. The van der Waals surface area contributed by atoms with Crippen LogP contribution in [0.15, 0.2) is 79.0 Å². The first kappa shape index (κ1) is 25.6. The van der Waals surface area contributed by atoms with Crippen LogP contribution in [0.5, 0.6) is 5.75 Å². The van der Waals surface area contributed by atoms with Gasteiger partial charge in [-0.3, -0.25) is 4.79 Å². The molecule has 1 aromatic heterocycles. The van der Waals surface area contributed by atoms with E-state index in [0.717, 1.165) is 24.0 Å². The number of methoxy groups -OCH3 is 1. The Morgan fingerprint density at radius 2 is 1.87 bits per heavy atom. The molecule has 8 heteroatoms. The van der Waals surface area contributed by atoms with Crippen LogP contribution in [-0.2, 0) is 12.1 Å². The van der Waals surface area contributed by atoms with Crippen LogP contribution < -0.4 is 4.74 Å². The molecule has 0 bridgehead atoms. The highest BCUT2D eigenvalue weighted by Crippen LogP contribution is 2.33. The van der Waals surface area contributed by atoms with Gasteiger partial charge in [-0.2, -0.15) is 0 Å². The molecule has 2 atom stereocenters. The molecule has 4 aromatic rings. The lowest BCUT2D eigenvalue weighted by molar-refractivity contribution is 0.0705. The van der Waals surface area contributed by atoms with Crippen LogP contribution in [0.25, 0.3) is 0 Å². The maximum Gasteiger partial charge on any atom is 0.253 e. The highest BCUT2D eigenvalue weighted by Gasteiger charge is 2.30. The number of hydrogen-bond donors (Lipinski definition) is 1. The Bertz CT molecular complexity index is 1400. The second-order valence-electron chi connectivity index (χ2n) is 9.89. The van der Waals surface area contributed by atoms with E-state index in [-0.39, 0.29) is 23.4 Å². The third kappa shape index (κ3) is 5.17. The van der Waals surface area contributed by atoms with Gasteiger partial charge in [0.2, 0.25) is 0 Å². The minimum absolute atomic E-state index is 0.0634. The van der Waals surface area contributed by atoms with Gasteiger partial charge in [-0.15, -0.1) is 5.10 Å². The molecular weight excluding hydrogens is 483 g/mol. The Morgan fingerprint density at radius 1 is 1.11 bits per heavy atom. The summed E-state index contributed by atoms with van der Waals surface area (Å²) >= 11 is 0. The van der Waals surface area contributed by atoms with Gasteiger partial charge in [0.05, 0.1) is 19.9 Å².